The molecule has 3 aromatic rings. The fraction of sp³-hybridized carbons (Fsp3) is 0.105. The van der Waals surface area contributed by atoms with Gasteiger partial charge in [0.15, 0.2) is 0 Å². The van der Waals surface area contributed by atoms with Gasteiger partial charge in [0.1, 0.15) is 5.82 Å². The summed E-state index contributed by atoms with van der Waals surface area (Å²) >= 11 is 6.07. The molecule has 0 aliphatic rings. The number of nitrogens with zero attached hydrogens (tertiary/aromatic N) is 2. The number of hydrogen-bond donors (Lipinski definition) is 2. The summed E-state index contributed by atoms with van der Waals surface area (Å²) in [4.78, 5) is 20.6. The first kappa shape index (κ1) is 16.9. The number of hydrogen-bond acceptors (Lipinski definition) is 4. The molecule has 0 saturated carbocycles. The van der Waals surface area contributed by atoms with Gasteiger partial charge in [-0.15, -0.1) is 0 Å². The minimum Gasteiger partial charge on any atom is -0.366 e. The first-order chi connectivity index (χ1) is 12.1. The Morgan fingerprint density at radius 3 is 2.64 bits per heavy atom. The van der Waals surface area contributed by atoms with Crippen molar-refractivity contribution >= 4 is 29.0 Å². The Balaban J connectivity index is 1.63. The number of halogens is 1. The molecular formula is C19H17ClN4O. The lowest BCUT2D eigenvalue weighted by molar-refractivity contribution is 0.102. The standard InChI is InChI=1S/C19H17ClN4O/c1-13-16(20)3-2-4-17(13)24-19(25)15-5-6-18(23-12-15)22-11-14-7-9-21-10-8-14/h2-10,12H,11H2,1H3,(H,22,23)(H,24,25). The second-order valence-electron chi connectivity index (χ2n) is 5.51. The number of pyridine rings is 2. The molecule has 0 spiro atoms. The van der Waals surface area contributed by atoms with Crippen molar-refractivity contribution < 1.29 is 4.79 Å². The Kier molecular flexibility index (Phi) is 5.26. The van der Waals surface area contributed by atoms with Gasteiger partial charge in [-0.3, -0.25) is 9.78 Å². The third-order valence-corrected chi connectivity index (χ3v) is 4.17. The number of nitrogens with one attached hydrogen (secondary N) is 2. The van der Waals surface area contributed by atoms with E-state index in [9.17, 15) is 4.79 Å². The molecule has 0 bridgehead atoms. The minimum absolute atomic E-state index is 0.224. The molecule has 0 radical (unpaired) electrons. The molecular weight excluding hydrogens is 336 g/mol. The molecule has 2 N–H and O–H groups in total. The lowest BCUT2D eigenvalue weighted by Gasteiger charge is -2.10. The van der Waals surface area contributed by atoms with E-state index in [-0.39, 0.29) is 5.91 Å². The molecule has 3 rings (SSSR count). The first-order valence-corrected chi connectivity index (χ1v) is 8.16. The molecule has 6 heteroatoms. The summed E-state index contributed by atoms with van der Waals surface area (Å²) in [5.41, 5.74) is 3.11. The zero-order valence-corrected chi connectivity index (χ0v) is 14.4. The Hall–Kier alpha value is -2.92. The predicted molar refractivity (Wildman–Crippen MR) is 99.9 cm³/mol. The van der Waals surface area contributed by atoms with Gasteiger partial charge in [-0.05, 0) is 54.4 Å². The van der Waals surface area contributed by atoms with Gasteiger partial charge in [-0.1, -0.05) is 17.7 Å². The predicted octanol–water partition coefficient (Wildman–Crippen LogP) is 4.30. The molecule has 5 nitrogen and oxygen atoms in total. The van der Waals surface area contributed by atoms with E-state index in [2.05, 4.69) is 20.6 Å². The average molecular weight is 353 g/mol. The topological polar surface area (TPSA) is 66.9 Å². The van der Waals surface area contributed by atoms with Gasteiger partial charge in [0.05, 0.1) is 5.56 Å². The lowest BCUT2D eigenvalue weighted by atomic mass is 10.2. The number of carbonyl (C=O) groups excluding carboxylic acids is 1. The molecule has 2 aromatic heterocycles. The number of rotatable bonds is 5. The zero-order valence-electron chi connectivity index (χ0n) is 13.7. The molecule has 1 aromatic carbocycles. The number of benzene rings is 1. The van der Waals surface area contributed by atoms with Gasteiger partial charge in [-0.25, -0.2) is 4.98 Å². The Morgan fingerprint density at radius 2 is 1.92 bits per heavy atom. The SMILES string of the molecule is Cc1c(Cl)cccc1NC(=O)c1ccc(NCc2ccncc2)nc1. The fourth-order valence-electron chi connectivity index (χ4n) is 2.26. The zero-order chi connectivity index (χ0) is 17.6. The Labute approximate surface area is 151 Å². The third kappa shape index (κ3) is 4.33. The number of anilines is 2. The highest BCUT2D eigenvalue weighted by Crippen LogP contribution is 2.23. The van der Waals surface area contributed by atoms with Gasteiger partial charge < -0.3 is 10.6 Å². The summed E-state index contributed by atoms with van der Waals surface area (Å²) in [6, 6.07) is 12.8. The summed E-state index contributed by atoms with van der Waals surface area (Å²) in [5, 5.41) is 6.68. The summed E-state index contributed by atoms with van der Waals surface area (Å²) in [7, 11) is 0. The molecule has 0 fully saturated rings. The van der Waals surface area contributed by atoms with Crippen molar-refractivity contribution in [2.75, 3.05) is 10.6 Å². The second-order valence-corrected chi connectivity index (χ2v) is 5.91. The van der Waals surface area contributed by atoms with Crippen molar-refractivity contribution in [1.82, 2.24) is 9.97 Å². The normalized spacial score (nSPS) is 10.3. The fourth-order valence-corrected chi connectivity index (χ4v) is 2.44. The molecule has 126 valence electrons. The molecule has 2 heterocycles. The van der Waals surface area contributed by atoms with Crippen molar-refractivity contribution in [3.63, 3.8) is 0 Å². The molecule has 0 atom stereocenters. The number of aromatic nitrogens is 2. The molecule has 0 aliphatic carbocycles. The van der Waals surface area contributed by atoms with Crippen molar-refractivity contribution in [2.24, 2.45) is 0 Å². The highest BCUT2D eigenvalue weighted by molar-refractivity contribution is 6.31. The van der Waals surface area contributed by atoms with Crippen LogP contribution in [0.1, 0.15) is 21.5 Å². The van der Waals surface area contributed by atoms with Gasteiger partial charge in [0.25, 0.3) is 5.91 Å². The maximum Gasteiger partial charge on any atom is 0.257 e. The minimum atomic E-state index is -0.224. The van der Waals surface area contributed by atoms with E-state index < -0.39 is 0 Å². The Bertz CT molecular complexity index is 866. The monoisotopic (exact) mass is 352 g/mol. The van der Waals surface area contributed by atoms with Crippen LogP contribution in [0.3, 0.4) is 0 Å². The van der Waals surface area contributed by atoms with Gasteiger partial charge in [0.2, 0.25) is 0 Å². The van der Waals surface area contributed by atoms with E-state index in [1.807, 2.05) is 25.1 Å². The van der Waals surface area contributed by atoms with E-state index in [0.717, 1.165) is 11.1 Å². The summed E-state index contributed by atoms with van der Waals surface area (Å²) in [6.07, 6.45) is 5.04. The number of carbonyl (C=O) groups is 1. The smallest absolute Gasteiger partial charge is 0.257 e. The average Bonchev–Trinajstić information content (AvgIpc) is 2.65. The first-order valence-electron chi connectivity index (χ1n) is 7.79. The molecule has 25 heavy (non-hydrogen) atoms. The van der Waals surface area contributed by atoms with Crippen LogP contribution in [0.4, 0.5) is 11.5 Å². The molecule has 0 aliphatic heterocycles. The van der Waals surface area contributed by atoms with E-state index in [1.54, 1.807) is 42.9 Å². The van der Waals surface area contributed by atoms with Crippen LogP contribution in [0.15, 0.2) is 61.1 Å². The van der Waals surface area contributed by atoms with Crippen LogP contribution in [0.2, 0.25) is 5.02 Å². The maximum atomic E-state index is 12.3. The third-order valence-electron chi connectivity index (χ3n) is 3.76. The van der Waals surface area contributed by atoms with E-state index in [1.165, 1.54) is 0 Å². The lowest BCUT2D eigenvalue weighted by Crippen LogP contribution is -2.13. The van der Waals surface area contributed by atoms with E-state index in [4.69, 9.17) is 11.6 Å². The van der Waals surface area contributed by atoms with Crippen LogP contribution in [0.25, 0.3) is 0 Å². The van der Waals surface area contributed by atoms with Crippen molar-refractivity contribution in [2.45, 2.75) is 13.5 Å². The molecule has 1 amide bonds. The summed E-state index contributed by atoms with van der Waals surface area (Å²) in [6.45, 7) is 2.51. The summed E-state index contributed by atoms with van der Waals surface area (Å²) in [5.74, 6) is 0.478. The second kappa shape index (κ2) is 7.77. The highest BCUT2D eigenvalue weighted by atomic mass is 35.5. The Morgan fingerprint density at radius 1 is 1.12 bits per heavy atom. The largest absolute Gasteiger partial charge is 0.366 e. The van der Waals surface area contributed by atoms with Gasteiger partial charge >= 0.3 is 0 Å². The van der Waals surface area contributed by atoms with E-state index in [0.29, 0.717) is 28.6 Å². The van der Waals surface area contributed by atoms with Crippen LogP contribution in [-0.2, 0) is 6.54 Å². The maximum absolute atomic E-state index is 12.3. The molecule has 0 saturated heterocycles. The van der Waals surface area contributed by atoms with Crippen LogP contribution in [0.5, 0.6) is 0 Å². The van der Waals surface area contributed by atoms with E-state index >= 15 is 0 Å². The van der Waals surface area contributed by atoms with Crippen molar-refractivity contribution in [1.29, 1.82) is 0 Å². The molecule has 0 unspecified atom stereocenters. The quantitative estimate of drug-likeness (QED) is 0.718. The van der Waals surface area contributed by atoms with Crippen LogP contribution >= 0.6 is 11.6 Å². The highest BCUT2D eigenvalue weighted by Gasteiger charge is 2.09. The number of amides is 1. The van der Waals surface area contributed by atoms with Gasteiger partial charge in [-0.2, -0.15) is 0 Å². The van der Waals surface area contributed by atoms with Crippen molar-refractivity contribution in [3.8, 4) is 0 Å². The van der Waals surface area contributed by atoms with Crippen LogP contribution in [0, 0.1) is 6.92 Å². The summed E-state index contributed by atoms with van der Waals surface area (Å²) < 4.78 is 0. The van der Waals surface area contributed by atoms with Crippen molar-refractivity contribution in [3.05, 3.63) is 82.8 Å². The van der Waals surface area contributed by atoms with Gasteiger partial charge in [0, 0.05) is 35.8 Å². The van der Waals surface area contributed by atoms with Crippen LogP contribution < -0.4 is 10.6 Å². The van der Waals surface area contributed by atoms with Crippen LogP contribution in [-0.4, -0.2) is 15.9 Å².